The van der Waals surface area contributed by atoms with Gasteiger partial charge in [-0.05, 0) is 67.3 Å². The van der Waals surface area contributed by atoms with Crippen molar-refractivity contribution in [3.8, 4) is 17.0 Å². The third kappa shape index (κ3) is 5.93. The molecular formula is C30H33N3O3S2. The van der Waals surface area contributed by atoms with Gasteiger partial charge in [0, 0.05) is 18.5 Å². The third-order valence-corrected chi connectivity index (χ3v) is 9.69. The second-order valence-corrected chi connectivity index (χ2v) is 12.4. The zero-order valence-corrected chi connectivity index (χ0v) is 23.5. The summed E-state index contributed by atoms with van der Waals surface area (Å²) in [5, 5.41) is 2.09. The number of rotatable bonds is 7. The van der Waals surface area contributed by atoms with E-state index in [2.05, 4.69) is 41.1 Å². The fourth-order valence-electron chi connectivity index (χ4n) is 4.67. The van der Waals surface area contributed by atoms with Crippen molar-refractivity contribution in [1.29, 1.82) is 0 Å². The molecule has 5 rings (SSSR count). The molecule has 0 atom stereocenters. The van der Waals surface area contributed by atoms with Crippen LogP contribution in [0.1, 0.15) is 36.8 Å². The summed E-state index contributed by atoms with van der Waals surface area (Å²) in [6.07, 6.45) is 4.03. The van der Waals surface area contributed by atoms with E-state index in [4.69, 9.17) is 9.73 Å². The molecule has 0 amide bonds. The highest BCUT2D eigenvalue weighted by Gasteiger charge is 2.25. The second kappa shape index (κ2) is 11.7. The number of thiazole rings is 1. The molecule has 6 nitrogen and oxygen atoms in total. The van der Waals surface area contributed by atoms with Gasteiger partial charge in [0.1, 0.15) is 5.75 Å². The number of methoxy groups -OCH3 is 1. The molecule has 0 spiro atoms. The lowest BCUT2D eigenvalue weighted by molar-refractivity contribution is 0.415. The first kappa shape index (κ1) is 26.4. The molecule has 1 saturated heterocycles. The van der Waals surface area contributed by atoms with Gasteiger partial charge in [-0.15, -0.1) is 11.3 Å². The molecule has 38 heavy (non-hydrogen) atoms. The van der Waals surface area contributed by atoms with E-state index in [1.807, 2.05) is 36.4 Å². The summed E-state index contributed by atoms with van der Waals surface area (Å²) in [6.45, 7) is 3.93. The molecule has 0 unspecified atom stereocenters. The van der Waals surface area contributed by atoms with Crippen LogP contribution in [0.2, 0.25) is 0 Å². The fourth-order valence-corrected chi connectivity index (χ4v) is 7.12. The van der Waals surface area contributed by atoms with E-state index < -0.39 is 10.0 Å². The van der Waals surface area contributed by atoms with Crippen molar-refractivity contribution in [3.63, 3.8) is 0 Å². The highest BCUT2D eigenvalue weighted by molar-refractivity contribution is 7.89. The smallest absolute Gasteiger partial charge is 0.243 e. The predicted molar refractivity (Wildman–Crippen MR) is 153 cm³/mol. The van der Waals surface area contributed by atoms with E-state index in [0.717, 1.165) is 53.2 Å². The Labute approximate surface area is 228 Å². The van der Waals surface area contributed by atoms with Gasteiger partial charge in [0.2, 0.25) is 10.0 Å². The van der Waals surface area contributed by atoms with Gasteiger partial charge in [0.05, 0.1) is 29.9 Å². The van der Waals surface area contributed by atoms with Crippen LogP contribution in [0.5, 0.6) is 5.75 Å². The van der Waals surface area contributed by atoms with E-state index in [1.54, 1.807) is 34.9 Å². The molecule has 0 N–H and O–H groups in total. The van der Waals surface area contributed by atoms with Crippen LogP contribution in [-0.2, 0) is 16.6 Å². The molecule has 1 aromatic heterocycles. The monoisotopic (exact) mass is 547 g/mol. The third-order valence-electron chi connectivity index (χ3n) is 6.91. The Bertz CT molecular complexity index is 1530. The summed E-state index contributed by atoms with van der Waals surface area (Å²) >= 11 is 1.57. The SMILES string of the molecule is COc1ccc(N=c2scc(-c3ccc(S(=O)(=O)N4CCCCCC4)cc3)n2Cc2ccc(C)cc2)cc1. The minimum Gasteiger partial charge on any atom is -0.497 e. The molecule has 1 fully saturated rings. The number of benzene rings is 3. The van der Waals surface area contributed by atoms with Crippen molar-refractivity contribution in [1.82, 2.24) is 8.87 Å². The molecule has 1 aliphatic heterocycles. The zero-order valence-electron chi connectivity index (χ0n) is 21.8. The van der Waals surface area contributed by atoms with Crippen LogP contribution >= 0.6 is 11.3 Å². The Balaban J connectivity index is 1.51. The van der Waals surface area contributed by atoms with Crippen molar-refractivity contribution >= 4 is 27.0 Å². The lowest BCUT2D eigenvalue weighted by atomic mass is 10.1. The van der Waals surface area contributed by atoms with Crippen LogP contribution in [0.4, 0.5) is 5.69 Å². The maximum atomic E-state index is 13.3. The van der Waals surface area contributed by atoms with E-state index in [9.17, 15) is 8.42 Å². The summed E-state index contributed by atoms with van der Waals surface area (Å²) in [5.41, 5.74) is 5.19. The van der Waals surface area contributed by atoms with Gasteiger partial charge in [0.15, 0.2) is 4.80 Å². The first-order chi connectivity index (χ1) is 18.4. The minimum absolute atomic E-state index is 0.353. The Morgan fingerprint density at radius 2 is 1.53 bits per heavy atom. The quantitative estimate of drug-likeness (QED) is 0.270. The summed E-state index contributed by atoms with van der Waals surface area (Å²) in [7, 11) is -1.84. The molecule has 4 aromatic rings. The lowest BCUT2D eigenvalue weighted by Gasteiger charge is -2.20. The van der Waals surface area contributed by atoms with Crippen molar-refractivity contribution < 1.29 is 13.2 Å². The fraction of sp³-hybridized carbons (Fsp3) is 0.300. The molecule has 3 aromatic carbocycles. The van der Waals surface area contributed by atoms with Crippen LogP contribution in [0, 0.1) is 6.92 Å². The van der Waals surface area contributed by atoms with E-state index >= 15 is 0 Å². The molecule has 1 aliphatic rings. The van der Waals surface area contributed by atoms with Gasteiger partial charge >= 0.3 is 0 Å². The largest absolute Gasteiger partial charge is 0.497 e. The summed E-state index contributed by atoms with van der Waals surface area (Å²) in [6, 6.07) is 23.5. The summed E-state index contributed by atoms with van der Waals surface area (Å²) in [4.78, 5) is 6.15. The van der Waals surface area contributed by atoms with Gasteiger partial charge < -0.3 is 9.30 Å². The zero-order chi connectivity index (χ0) is 26.5. The van der Waals surface area contributed by atoms with Gasteiger partial charge in [-0.1, -0.05) is 54.8 Å². The molecule has 0 bridgehead atoms. The van der Waals surface area contributed by atoms with Crippen LogP contribution < -0.4 is 9.54 Å². The van der Waals surface area contributed by atoms with Crippen LogP contribution in [-0.4, -0.2) is 37.5 Å². The van der Waals surface area contributed by atoms with Gasteiger partial charge in [-0.25, -0.2) is 13.4 Å². The Morgan fingerprint density at radius 3 is 2.16 bits per heavy atom. The standard InChI is InChI=1S/C30H33N3O3S2/c1-23-7-9-24(10-8-23)21-33-29(22-37-30(33)31-26-13-15-27(36-2)16-14-26)25-11-17-28(18-12-25)38(34,35)32-19-5-3-4-6-20-32/h7-18,22H,3-6,19-21H2,1-2H3. The maximum absolute atomic E-state index is 13.3. The van der Waals surface area contributed by atoms with Gasteiger partial charge in [-0.3, -0.25) is 0 Å². The first-order valence-electron chi connectivity index (χ1n) is 13.0. The molecular weight excluding hydrogens is 514 g/mol. The second-order valence-electron chi connectivity index (χ2n) is 9.63. The Hall–Kier alpha value is -3.20. The molecule has 0 radical (unpaired) electrons. The number of nitrogens with zero attached hydrogens (tertiary/aromatic N) is 3. The number of hydrogen-bond acceptors (Lipinski definition) is 5. The Kier molecular flexibility index (Phi) is 8.12. The summed E-state index contributed by atoms with van der Waals surface area (Å²) < 4.78 is 35.7. The molecule has 198 valence electrons. The van der Waals surface area contributed by atoms with Crippen molar-refractivity contribution in [2.24, 2.45) is 4.99 Å². The van der Waals surface area contributed by atoms with Crippen molar-refractivity contribution in [2.75, 3.05) is 20.2 Å². The van der Waals surface area contributed by atoms with E-state index in [0.29, 0.717) is 24.5 Å². The van der Waals surface area contributed by atoms with E-state index in [-0.39, 0.29) is 0 Å². The normalized spacial score (nSPS) is 15.4. The molecule has 2 heterocycles. The van der Waals surface area contributed by atoms with Crippen molar-refractivity contribution in [2.45, 2.75) is 44.0 Å². The molecule has 0 aliphatic carbocycles. The Morgan fingerprint density at radius 1 is 0.868 bits per heavy atom. The van der Waals surface area contributed by atoms with E-state index in [1.165, 1.54) is 11.1 Å². The van der Waals surface area contributed by atoms with Crippen LogP contribution in [0.15, 0.2) is 88.1 Å². The average Bonchev–Trinajstić information content (AvgIpc) is 3.12. The number of hydrogen-bond donors (Lipinski definition) is 0. The van der Waals surface area contributed by atoms with Crippen LogP contribution in [0.3, 0.4) is 0 Å². The first-order valence-corrected chi connectivity index (χ1v) is 15.3. The minimum atomic E-state index is -3.49. The number of aromatic nitrogens is 1. The number of sulfonamides is 1. The van der Waals surface area contributed by atoms with Gasteiger partial charge in [0.25, 0.3) is 0 Å². The molecule has 0 saturated carbocycles. The highest BCUT2D eigenvalue weighted by atomic mass is 32.2. The lowest BCUT2D eigenvalue weighted by Crippen LogP contribution is -2.31. The van der Waals surface area contributed by atoms with Crippen molar-refractivity contribution in [3.05, 3.63) is 94.1 Å². The van der Waals surface area contributed by atoms with Crippen LogP contribution in [0.25, 0.3) is 11.3 Å². The highest BCUT2D eigenvalue weighted by Crippen LogP contribution is 2.26. The number of ether oxygens (including phenoxy) is 1. The number of aryl methyl sites for hydroxylation is 1. The average molecular weight is 548 g/mol. The van der Waals surface area contributed by atoms with Gasteiger partial charge in [-0.2, -0.15) is 4.31 Å². The molecule has 8 heteroatoms. The maximum Gasteiger partial charge on any atom is 0.243 e. The summed E-state index contributed by atoms with van der Waals surface area (Å²) in [5.74, 6) is 0.790. The topological polar surface area (TPSA) is 63.9 Å². The predicted octanol–water partition coefficient (Wildman–Crippen LogP) is 6.38.